The zero-order chi connectivity index (χ0) is 20.9. The number of anilines is 1. The highest BCUT2D eigenvalue weighted by molar-refractivity contribution is 5.86. The van der Waals surface area contributed by atoms with Gasteiger partial charge in [0, 0.05) is 36.7 Å². The molecule has 6 nitrogen and oxygen atoms in total. The number of benzene rings is 2. The molecule has 0 unspecified atom stereocenters. The Bertz CT molecular complexity index is 984. The molecule has 2 heterocycles. The van der Waals surface area contributed by atoms with Gasteiger partial charge in [-0.1, -0.05) is 23.4 Å². The van der Waals surface area contributed by atoms with Crippen LogP contribution in [0.25, 0.3) is 11.0 Å². The molecule has 158 valence electrons. The number of hydrogen-bond acceptors (Lipinski definition) is 5. The minimum Gasteiger partial charge on any atom is -0.449 e. The molecule has 0 atom stereocenters. The van der Waals surface area contributed by atoms with Crippen molar-refractivity contribution in [1.82, 2.24) is 10.1 Å². The van der Waals surface area contributed by atoms with Crippen molar-refractivity contribution in [3.63, 3.8) is 0 Å². The van der Waals surface area contributed by atoms with E-state index < -0.39 is 0 Å². The van der Waals surface area contributed by atoms with Gasteiger partial charge in [-0.3, -0.25) is 4.90 Å². The topological polar surface area (TPSA) is 58.8 Å². The van der Waals surface area contributed by atoms with Gasteiger partial charge in [0.2, 0.25) is 0 Å². The molecule has 1 aliphatic heterocycles. The number of halogens is 1. The molecule has 2 aromatic carbocycles. The first kappa shape index (κ1) is 20.3. The van der Waals surface area contributed by atoms with Crippen molar-refractivity contribution in [1.29, 1.82) is 0 Å². The van der Waals surface area contributed by atoms with Crippen LogP contribution in [0.1, 0.15) is 30.9 Å². The summed E-state index contributed by atoms with van der Waals surface area (Å²) in [5, 5.41) is 5.11. The first-order valence-electron chi connectivity index (χ1n) is 10.3. The second-order valence-corrected chi connectivity index (χ2v) is 7.69. The number of hydrogen-bond donors (Lipinski definition) is 0. The summed E-state index contributed by atoms with van der Waals surface area (Å²) in [5.74, 6) is 0.0148. The van der Waals surface area contributed by atoms with Crippen LogP contribution >= 0.6 is 0 Å². The lowest BCUT2D eigenvalue weighted by Gasteiger charge is -2.31. The second kappa shape index (κ2) is 9.26. The van der Waals surface area contributed by atoms with Crippen molar-refractivity contribution < 1.29 is 18.4 Å². The SMILES string of the molecule is CN(C(=O)OCCCN1CCC(c2noc3cc(F)ccc23)CC1)c1ccccc1. The van der Waals surface area contributed by atoms with Crippen LogP contribution in [0.5, 0.6) is 0 Å². The summed E-state index contributed by atoms with van der Waals surface area (Å²) in [6, 6.07) is 14.0. The van der Waals surface area contributed by atoms with Gasteiger partial charge in [-0.15, -0.1) is 0 Å². The van der Waals surface area contributed by atoms with Gasteiger partial charge in [-0.25, -0.2) is 9.18 Å². The third kappa shape index (κ3) is 4.62. The molecule has 4 rings (SSSR count). The van der Waals surface area contributed by atoms with Crippen molar-refractivity contribution in [2.24, 2.45) is 0 Å². The predicted octanol–water partition coefficient (Wildman–Crippen LogP) is 4.81. The van der Waals surface area contributed by atoms with E-state index in [1.54, 1.807) is 13.1 Å². The summed E-state index contributed by atoms with van der Waals surface area (Å²) >= 11 is 0. The van der Waals surface area contributed by atoms with Crippen LogP contribution in [-0.2, 0) is 4.74 Å². The van der Waals surface area contributed by atoms with E-state index in [9.17, 15) is 9.18 Å². The van der Waals surface area contributed by atoms with Crippen molar-refractivity contribution in [3.05, 3.63) is 60.0 Å². The van der Waals surface area contributed by atoms with E-state index in [2.05, 4.69) is 10.1 Å². The van der Waals surface area contributed by atoms with Crippen LogP contribution in [-0.4, -0.2) is 49.4 Å². The molecule has 7 heteroatoms. The third-order valence-corrected chi connectivity index (χ3v) is 5.70. The van der Waals surface area contributed by atoms with Gasteiger partial charge in [-0.2, -0.15) is 0 Å². The quantitative estimate of drug-likeness (QED) is 0.545. The Balaban J connectivity index is 1.19. The molecule has 1 aliphatic rings. The van der Waals surface area contributed by atoms with Gasteiger partial charge in [0.1, 0.15) is 5.82 Å². The molecule has 0 saturated carbocycles. The summed E-state index contributed by atoms with van der Waals surface area (Å²) in [4.78, 5) is 16.0. The highest BCUT2D eigenvalue weighted by Crippen LogP contribution is 2.32. The maximum absolute atomic E-state index is 13.3. The highest BCUT2D eigenvalue weighted by Gasteiger charge is 2.25. The fourth-order valence-corrected chi connectivity index (χ4v) is 3.96. The van der Waals surface area contributed by atoms with E-state index in [-0.39, 0.29) is 11.9 Å². The van der Waals surface area contributed by atoms with E-state index in [1.165, 1.54) is 17.0 Å². The second-order valence-electron chi connectivity index (χ2n) is 7.69. The molecular formula is C23H26FN3O3. The summed E-state index contributed by atoms with van der Waals surface area (Å²) in [7, 11) is 1.71. The number of nitrogens with zero attached hydrogens (tertiary/aromatic N) is 3. The zero-order valence-corrected chi connectivity index (χ0v) is 17.1. The Morgan fingerprint density at radius 2 is 2.00 bits per heavy atom. The Morgan fingerprint density at radius 1 is 1.23 bits per heavy atom. The number of rotatable bonds is 6. The Kier molecular flexibility index (Phi) is 6.28. The minimum atomic E-state index is -0.339. The lowest BCUT2D eigenvalue weighted by atomic mass is 9.91. The molecule has 0 aliphatic carbocycles. The Hall–Kier alpha value is -2.93. The molecule has 0 bridgehead atoms. The van der Waals surface area contributed by atoms with Crippen LogP contribution in [0.2, 0.25) is 0 Å². The summed E-state index contributed by atoms with van der Waals surface area (Å²) in [6.07, 6.45) is 2.42. The number of likely N-dealkylation sites (tertiary alicyclic amines) is 1. The van der Waals surface area contributed by atoms with Crippen molar-refractivity contribution in [2.75, 3.05) is 38.2 Å². The van der Waals surface area contributed by atoms with Crippen molar-refractivity contribution >= 4 is 22.7 Å². The maximum atomic E-state index is 13.3. The van der Waals surface area contributed by atoms with E-state index in [0.717, 1.165) is 55.7 Å². The maximum Gasteiger partial charge on any atom is 0.414 e. The molecule has 0 N–H and O–H groups in total. The summed E-state index contributed by atoms with van der Waals surface area (Å²) in [5.41, 5.74) is 2.25. The van der Waals surface area contributed by atoms with Gasteiger partial charge in [0.15, 0.2) is 5.58 Å². The van der Waals surface area contributed by atoms with Gasteiger partial charge in [0.25, 0.3) is 0 Å². The van der Waals surface area contributed by atoms with Gasteiger partial charge in [0.05, 0.1) is 12.3 Å². The molecule has 1 fully saturated rings. The van der Waals surface area contributed by atoms with E-state index in [4.69, 9.17) is 9.26 Å². The summed E-state index contributed by atoms with van der Waals surface area (Å²) < 4.78 is 24.0. The predicted molar refractivity (Wildman–Crippen MR) is 113 cm³/mol. The molecule has 0 spiro atoms. The smallest absolute Gasteiger partial charge is 0.414 e. The fourth-order valence-electron chi connectivity index (χ4n) is 3.96. The number of amides is 1. The lowest BCUT2D eigenvalue weighted by Crippen LogP contribution is -2.34. The third-order valence-electron chi connectivity index (χ3n) is 5.70. The normalized spacial score (nSPS) is 15.4. The van der Waals surface area contributed by atoms with Gasteiger partial charge < -0.3 is 14.2 Å². The number of para-hydroxylation sites is 1. The van der Waals surface area contributed by atoms with Crippen molar-refractivity contribution in [2.45, 2.75) is 25.2 Å². The lowest BCUT2D eigenvalue weighted by molar-refractivity contribution is 0.140. The number of piperidine rings is 1. The number of carbonyl (C=O) groups excluding carboxylic acids is 1. The first-order chi connectivity index (χ1) is 14.6. The Morgan fingerprint density at radius 3 is 2.77 bits per heavy atom. The van der Waals surface area contributed by atoms with Gasteiger partial charge >= 0.3 is 6.09 Å². The minimum absolute atomic E-state index is 0.310. The zero-order valence-electron chi connectivity index (χ0n) is 17.1. The molecule has 1 saturated heterocycles. The Labute approximate surface area is 175 Å². The number of ether oxygens (including phenoxy) is 1. The number of fused-ring (bicyclic) bond motifs is 1. The van der Waals surface area contributed by atoms with Crippen LogP contribution in [0.15, 0.2) is 53.1 Å². The van der Waals surface area contributed by atoms with E-state index >= 15 is 0 Å². The van der Waals surface area contributed by atoms with Crippen LogP contribution in [0.4, 0.5) is 14.9 Å². The van der Waals surface area contributed by atoms with E-state index in [0.29, 0.717) is 18.1 Å². The number of carbonyl (C=O) groups is 1. The summed E-state index contributed by atoms with van der Waals surface area (Å²) in [6.45, 7) is 3.20. The largest absolute Gasteiger partial charge is 0.449 e. The fraction of sp³-hybridized carbons (Fsp3) is 0.391. The van der Waals surface area contributed by atoms with Crippen LogP contribution in [0.3, 0.4) is 0 Å². The molecular weight excluding hydrogens is 385 g/mol. The standard InChI is InChI=1S/C23H26FN3O3/c1-26(19-6-3-2-4-7-19)23(28)29-15-5-12-27-13-10-17(11-14-27)22-20-9-8-18(24)16-21(20)30-25-22/h2-4,6-9,16-17H,5,10-15H2,1H3. The number of aromatic nitrogens is 1. The van der Waals surface area contributed by atoms with Gasteiger partial charge in [-0.05, 0) is 56.6 Å². The first-order valence-corrected chi connectivity index (χ1v) is 10.3. The molecule has 30 heavy (non-hydrogen) atoms. The van der Waals surface area contributed by atoms with Crippen LogP contribution < -0.4 is 4.90 Å². The van der Waals surface area contributed by atoms with Crippen molar-refractivity contribution in [3.8, 4) is 0 Å². The van der Waals surface area contributed by atoms with E-state index in [1.807, 2.05) is 30.3 Å². The average molecular weight is 411 g/mol. The van der Waals surface area contributed by atoms with Crippen LogP contribution in [0, 0.1) is 5.82 Å². The monoisotopic (exact) mass is 411 g/mol. The molecule has 3 aromatic rings. The molecule has 0 radical (unpaired) electrons. The molecule has 1 amide bonds. The molecule has 1 aromatic heterocycles. The average Bonchev–Trinajstić information content (AvgIpc) is 3.20. The highest BCUT2D eigenvalue weighted by atomic mass is 19.1.